The van der Waals surface area contributed by atoms with Gasteiger partial charge >= 0.3 is 0 Å². The topological polar surface area (TPSA) is 55.6 Å². The predicted molar refractivity (Wildman–Crippen MR) is 73.9 cm³/mol. The summed E-state index contributed by atoms with van der Waals surface area (Å²) in [6.45, 7) is 4.98. The fraction of sp³-hybridized carbons (Fsp3) is 0.500. The number of rotatable bonds is 6. The van der Waals surface area contributed by atoms with E-state index < -0.39 is 0 Å². The number of hydrogen-bond donors (Lipinski definition) is 1. The molecule has 18 heavy (non-hydrogen) atoms. The lowest BCUT2D eigenvalue weighted by atomic mass is 10.1. The molecule has 0 spiro atoms. The number of carbonyl (C=O) groups excluding carboxylic acids is 1. The number of amides is 1. The second-order valence-corrected chi connectivity index (χ2v) is 4.46. The molecule has 1 aromatic rings. The zero-order valence-corrected chi connectivity index (χ0v) is 11.3. The van der Waals surface area contributed by atoms with Gasteiger partial charge in [0.25, 0.3) is 0 Å². The standard InChI is InChI=1S/C14H22N2O2/c1-11(2)14(17)16(10-6-9-15)12-7-4-5-8-13(12)18-3/h4-5,7-8,11H,6,9-10,15H2,1-3H3. The Morgan fingerprint density at radius 3 is 2.61 bits per heavy atom. The van der Waals surface area contributed by atoms with Crippen molar-refractivity contribution in [2.75, 3.05) is 25.1 Å². The molecule has 1 amide bonds. The van der Waals surface area contributed by atoms with Crippen LogP contribution in [-0.4, -0.2) is 26.1 Å². The molecule has 1 aromatic carbocycles. The van der Waals surface area contributed by atoms with Crippen molar-refractivity contribution in [3.05, 3.63) is 24.3 Å². The number of nitrogens with zero attached hydrogens (tertiary/aromatic N) is 1. The molecule has 2 N–H and O–H groups in total. The Balaban J connectivity index is 3.04. The van der Waals surface area contributed by atoms with Crippen LogP contribution in [0, 0.1) is 5.92 Å². The van der Waals surface area contributed by atoms with Crippen LogP contribution in [-0.2, 0) is 4.79 Å². The minimum atomic E-state index is -0.0484. The Hall–Kier alpha value is -1.55. The highest BCUT2D eigenvalue weighted by Gasteiger charge is 2.20. The second-order valence-electron chi connectivity index (χ2n) is 4.46. The van der Waals surface area contributed by atoms with Gasteiger partial charge in [-0.3, -0.25) is 4.79 Å². The number of para-hydroxylation sites is 2. The van der Waals surface area contributed by atoms with Crippen LogP contribution in [0.4, 0.5) is 5.69 Å². The zero-order chi connectivity index (χ0) is 13.5. The van der Waals surface area contributed by atoms with Crippen molar-refractivity contribution in [3.8, 4) is 5.75 Å². The fourth-order valence-corrected chi connectivity index (χ4v) is 1.76. The van der Waals surface area contributed by atoms with Crippen LogP contribution in [0.2, 0.25) is 0 Å². The fourth-order valence-electron chi connectivity index (χ4n) is 1.76. The lowest BCUT2D eigenvalue weighted by molar-refractivity contribution is -0.121. The summed E-state index contributed by atoms with van der Waals surface area (Å²) in [5.74, 6) is 0.754. The summed E-state index contributed by atoms with van der Waals surface area (Å²) in [6, 6.07) is 7.55. The van der Waals surface area contributed by atoms with Crippen LogP contribution in [0.5, 0.6) is 5.75 Å². The van der Waals surface area contributed by atoms with E-state index in [4.69, 9.17) is 10.5 Å². The second kappa shape index (κ2) is 7.01. The first-order valence-corrected chi connectivity index (χ1v) is 6.26. The Morgan fingerprint density at radius 1 is 1.39 bits per heavy atom. The number of methoxy groups -OCH3 is 1. The summed E-state index contributed by atoms with van der Waals surface area (Å²) < 4.78 is 5.31. The zero-order valence-electron chi connectivity index (χ0n) is 11.3. The molecule has 1 rings (SSSR count). The third-order valence-corrected chi connectivity index (χ3v) is 2.72. The molecule has 0 radical (unpaired) electrons. The van der Waals surface area contributed by atoms with E-state index in [-0.39, 0.29) is 11.8 Å². The third kappa shape index (κ3) is 3.47. The first-order valence-electron chi connectivity index (χ1n) is 6.26. The normalized spacial score (nSPS) is 10.5. The molecule has 0 aliphatic carbocycles. The van der Waals surface area contributed by atoms with Crippen LogP contribution in [0.1, 0.15) is 20.3 Å². The van der Waals surface area contributed by atoms with E-state index in [1.807, 2.05) is 38.1 Å². The molecule has 0 atom stereocenters. The first-order chi connectivity index (χ1) is 8.61. The highest BCUT2D eigenvalue weighted by atomic mass is 16.5. The van der Waals surface area contributed by atoms with Gasteiger partial charge in [-0.1, -0.05) is 26.0 Å². The molecule has 0 bridgehead atoms. The maximum absolute atomic E-state index is 12.2. The van der Waals surface area contributed by atoms with E-state index in [1.54, 1.807) is 12.0 Å². The maximum Gasteiger partial charge on any atom is 0.229 e. The van der Waals surface area contributed by atoms with E-state index in [1.165, 1.54) is 0 Å². The number of hydrogen-bond acceptors (Lipinski definition) is 3. The van der Waals surface area contributed by atoms with Gasteiger partial charge in [-0.25, -0.2) is 0 Å². The van der Waals surface area contributed by atoms with Crippen molar-refractivity contribution < 1.29 is 9.53 Å². The maximum atomic E-state index is 12.2. The minimum Gasteiger partial charge on any atom is -0.495 e. The average molecular weight is 250 g/mol. The van der Waals surface area contributed by atoms with Crippen LogP contribution in [0.3, 0.4) is 0 Å². The van der Waals surface area contributed by atoms with E-state index in [9.17, 15) is 4.79 Å². The lowest BCUT2D eigenvalue weighted by Gasteiger charge is -2.26. The molecular formula is C14H22N2O2. The van der Waals surface area contributed by atoms with Crippen molar-refractivity contribution in [3.63, 3.8) is 0 Å². The summed E-state index contributed by atoms with van der Waals surface area (Å²) in [7, 11) is 1.61. The molecule has 4 heteroatoms. The van der Waals surface area contributed by atoms with Crippen molar-refractivity contribution in [2.45, 2.75) is 20.3 Å². The average Bonchev–Trinajstić information content (AvgIpc) is 2.39. The third-order valence-electron chi connectivity index (χ3n) is 2.72. The van der Waals surface area contributed by atoms with Crippen LogP contribution in [0.15, 0.2) is 24.3 Å². The molecule has 0 saturated carbocycles. The van der Waals surface area contributed by atoms with E-state index in [0.717, 1.165) is 12.1 Å². The first kappa shape index (κ1) is 14.5. The van der Waals surface area contributed by atoms with Gasteiger partial charge in [-0.05, 0) is 25.1 Å². The smallest absolute Gasteiger partial charge is 0.229 e. The molecule has 0 aliphatic rings. The predicted octanol–water partition coefficient (Wildman–Crippen LogP) is 2.03. The molecular weight excluding hydrogens is 228 g/mol. The molecule has 0 saturated heterocycles. The van der Waals surface area contributed by atoms with Gasteiger partial charge in [0.05, 0.1) is 12.8 Å². The summed E-state index contributed by atoms with van der Waals surface area (Å²) in [5.41, 5.74) is 6.34. The molecule has 0 heterocycles. The minimum absolute atomic E-state index is 0.0484. The lowest BCUT2D eigenvalue weighted by Crippen LogP contribution is -2.36. The van der Waals surface area contributed by atoms with Crippen molar-refractivity contribution in [2.24, 2.45) is 11.7 Å². The van der Waals surface area contributed by atoms with Crippen molar-refractivity contribution in [1.29, 1.82) is 0 Å². The Morgan fingerprint density at radius 2 is 2.06 bits per heavy atom. The van der Waals surface area contributed by atoms with Gasteiger partial charge in [-0.15, -0.1) is 0 Å². The number of nitrogens with two attached hydrogens (primary N) is 1. The van der Waals surface area contributed by atoms with Crippen LogP contribution < -0.4 is 15.4 Å². The van der Waals surface area contributed by atoms with Gasteiger partial charge in [0.15, 0.2) is 0 Å². The molecule has 100 valence electrons. The van der Waals surface area contributed by atoms with Gasteiger partial charge in [0.1, 0.15) is 5.75 Å². The van der Waals surface area contributed by atoms with Crippen LogP contribution >= 0.6 is 0 Å². The van der Waals surface area contributed by atoms with Crippen molar-refractivity contribution in [1.82, 2.24) is 0 Å². The molecule has 0 aromatic heterocycles. The summed E-state index contributed by atoms with van der Waals surface area (Å²) in [4.78, 5) is 14.0. The summed E-state index contributed by atoms with van der Waals surface area (Å²) >= 11 is 0. The highest BCUT2D eigenvalue weighted by molar-refractivity contribution is 5.96. The summed E-state index contributed by atoms with van der Waals surface area (Å²) in [6.07, 6.45) is 0.774. The molecule has 0 unspecified atom stereocenters. The van der Waals surface area contributed by atoms with Gasteiger partial charge < -0.3 is 15.4 Å². The Bertz CT molecular complexity index is 391. The van der Waals surface area contributed by atoms with Gasteiger partial charge in [0.2, 0.25) is 5.91 Å². The van der Waals surface area contributed by atoms with E-state index >= 15 is 0 Å². The van der Waals surface area contributed by atoms with Gasteiger partial charge in [0, 0.05) is 12.5 Å². The largest absolute Gasteiger partial charge is 0.495 e. The van der Waals surface area contributed by atoms with E-state index in [0.29, 0.717) is 18.8 Å². The molecule has 0 fully saturated rings. The number of benzene rings is 1. The quantitative estimate of drug-likeness (QED) is 0.840. The number of carbonyl (C=O) groups is 1. The van der Waals surface area contributed by atoms with Crippen LogP contribution in [0.25, 0.3) is 0 Å². The number of ether oxygens (including phenoxy) is 1. The monoisotopic (exact) mass is 250 g/mol. The highest BCUT2D eigenvalue weighted by Crippen LogP contribution is 2.28. The SMILES string of the molecule is COc1ccccc1N(CCCN)C(=O)C(C)C. The number of anilines is 1. The van der Waals surface area contributed by atoms with E-state index in [2.05, 4.69) is 0 Å². The molecule has 0 aliphatic heterocycles. The van der Waals surface area contributed by atoms with Gasteiger partial charge in [-0.2, -0.15) is 0 Å². The molecule has 4 nitrogen and oxygen atoms in total. The van der Waals surface area contributed by atoms with Crippen molar-refractivity contribution >= 4 is 11.6 Å². The Labute approximate surface area is 109 Å². The Kier molecular flexibility index (Phi) is 5.65. The summed E-state index contributed by atoms with van der Waals surface area (Å²) in [5, 5.41) is 0.